The van der Waals surface area contributed by atoms with E-state index in [9.17, 15) is 5.11 Å². The number of aliphatic hydroxyl groups excluding tert-OH is 1. The van der Waals surface area contributed by atoms with Gasteiger partial charge >= 0.3 is 0 Å². The van der Waals surface area contributed by atoms with Crippen molar-refractivity contribution in [1.29, 1.82) is 0 Å². The Hall–Kier alpha value is -0.620. The summed E-state index contributed by atoms with van der Waals surface area (Å²) in [5.41, 5.74) is 1.05. The van der Waals surface area contributed by atoms with E-state index in [2.05, 4.69) is 20.8 Å². The number of hydrogen-bond donors (Lipinski definition) is 1. The third-order valence-electron chi connectivity index (χ3n) is 4.53. The Kier molecular flexibility index (Phi) is 4.84. The van der Waals surface area contributed by atoms with Crippen molar-refractivity contribution in [2.45, 2.75) is 37.5 Å². The van der Waals surface area contributed by atoms with E-state index in [1.165, 1.54) is 12.8 Å². The van der Waals surface area contributed by atoms with Crippen molar-refractivity contribution in [2.24, 2.45) is 0 Å². The molecule has 0 saturated carbocycles. The van der Waals surface area contributed by atoms with Crippen LogP contribution in [0.15, 0.2) is 22.7 Å². The van der Waals surface area contributed by atoms with Gasteiger partial charge in [0.25, 0.3) is 0 Å². The first-order chi connectivity index (χ1) is 10.2. The van der Waals surface area contributed by atoms with Gasteiger partial charge in [0.05, 0.1) is 25.9 Å². The van der Waals surface area contributed by atoms with Crippen LogP contribution in [0.1, 0.15) is 18.4 Å². The van der Waals surface area contributed by atoms with E-state index in [1.807, 2.05) is 18.2 Å². The molecule has 0 bridgehead atoms. The van der Waals surface area contributed by atoms with Gasteiger partial charge in [-0.2, -0.15) is 0 Å². The second kappa shape index (κ2) is 6.65. The molecule has 0 radical (unpaired) electrons. The number of rotatable bonds is 4. The molecule has 2 aliphatic heterocycles. The quantitative estimate of drug-likeness (QED) is 0.899. The van der Waals surface area contributed by atoms with Crippen molar-refractivity contribution >= 4 is 15.9 Å². The van der Waals surface area contributed by atoms with Crippen LogP contribution in [0.5, 0.6) is 5.75 Å². The lowest BCUT2D eigenvalue weighted by Crippen LogP contribution is -2.50. The summed E-state index contributed by atoms with van der Waals surface area (Å²) in [6, 6.07) is 6.40. The molecule has 1 N–H and O–H groups in total. The van der Waals surface area contributed by atoms with Gasteiger partial charge in [-0.25, -0.2) is 0 Å². The van der Waals surface area contributed by atoms with Gasteiger partial charge in [-0.1, -0.05) is 15.9 Å². The van der Waals surface area contributed by atoms with Gasteiger partial charge in [0.1, 0.15) is 5.75 Å². The number of ether oxygens (including phenoxy) is 2. The molecule has 3 atom stereocenters. The van der Waals surface area contributed by atoms with Crippen molar-refractivity contribution in [2.75, 3.05) is 26.8 Å². The summed E-state index contributed by atoms with van der Waals surface area (Å²) in [5, 5.41) is 10.5. The van der Waals surface area contributed by atoms with E-state index >= 15 is 0 Å². The lowest BCUT2D eigenvalue weighted by atomic mass is 10.0. The number of hydrogen-bond acceptors (Lipinski definition) is 4. The third-order valence-corrected chi connectivity index (χ3v) is 5.30. The maximum Gasteiger partial charge on any atom is 0.119 e. The number of aliphatic hydroxyl groups is 1. The highest BCUT2D eigenvalue weighted by atomic mass is 79.9. The van der Waals surface area contributed by atoms with E-state index in [-0.39, 0.29) is 6.10 Å². The van der Waals surface area contributed by atoms with Crippen LogP contribution >= 0.6 is 15.9 Å². The molecule has 21 heavy (non-hydrogen) atoms. The highest BCUT2D eigenvalue weighted by molar-refractivity contribution is 9.10. The van der Waals surface area contributed by atoms with Crippen LogP contribution in [-0.2, 0) is 11.2 Å². The number of benzene rings is 1. The number of nitrogens with zero attached hydrogens (tertiary/aromatic N) is 1. The van der Waals surface area contributed by atoms with E-state index in [1.54, 1.807) is 7.11 Å². The molecule has 0 spiro atoms. The number of halogens is 1. The van der Waals surface area contributed by atoms with Crippen molar-refractivity contribution in [1.82, 2.24) is 4.90 Å². The molecule has 116 valence electrons. The summed E-state index contributed by atoms with van der Waals surface area (Å²) in [6.07, 6.45) is 2.45. The van der Waals surface area contributed by atoms with Crippen LogP contribution in [0, 0.1) is 0 Å². The zero-order valence-electron chi connectivity index (χ0n) is 12.3. The molecule has 2 aliphatic rings. The van der Waals surface area contributed by atoms with Gasteiger partial charge < -0.3 is 14.6 Å². The van der Waals surface area contributed by atoms with E-state index < -0.39 is 6.10 Å². The third kappa shape index (κ3) is 3.42. The van der Waals surface area contributed by atoms with Gasteiger partial charge in [0.15, 0.2) is 0 Å². The molecule has 2 saturated heterocycles. The molecular formula is C16H22BrNO3. The molecule has 5 heteroatoms. The Morgan fingerprint density at radius 2 is 2.38 bits per heavy atom. The van der Waals surface area contributed by atoms with Crippen LogP contribution in [0.4, 0.5) is 0 Å². The Bertz CT molecular complexity index is 496. The second-order valence-corrected chi connectivity index (χ2v) is 6.75. The lowest BCUT2D eigenvalue weighted by molar-refractivity contribution is -0.101. The molecule has 4 nitrogen and oxygen atoms in total. The fraction of sp³-hybridized carbons (Fsp3) is 0.625. The SMILES string of the molecule is COc1ccc(Br)c(CC(O)C2CN3CCCC3CO2)c1. The van der Waals surface area contributed by atoms with Crippen LogP contribution in [0.25, 0.3) is 0 Å². The Morgan fingerprint density at radius 1 is 1.52 bits per heavy atom. The normalized spacial score (nSPS) is 27.4. The van der Waals surface area contributed by atoms with Crippen LogP contribution < -0.4 is 4.74 Å². The van der Waals surface area contributed by atoms with Gasteiger partial charge in [-0.05, 0) is 43.1 Å². The van der Waals surface area contributed by atoms with Gasteiger partial charge in [0.2, 0.25) is 0 Å². The zero-order chi connectivity index (χ0) is 14.8. The average Bonchev–Trinajstić information content (AvgIpc) is 2.96. The van der Waals surface area contributed by atoms with E-state index in [4.69, 9.17) is 9.47 Å². The first-order valence-corrected chi connectivity index (χ1v) is 8.33. The predicted molar refractivity (Wildman–Crippen MR) is 84.7 cm³/mol. The summed E-state index contributed by atoms with van der Waals surface area (Å²) < 4.78 is 12.1. The Balaban J connectivity index is 1.64. The highest BCUT2D eigenvalue weighted by Crippen LogP contribution is 2.27. The maximum atomic E-state index is 10.5. The monoisotopic (exact) mass is 355 g/mol. The largest absolute Gasteiger partial charge is 0.497 e. The summed E-state index contributed by atoms with van der Waals surface area (Å²) in [4.78, 5) is 2.46. The summed E-state index contributed by atoms with van der Waals surface area (Å²) >= 11 is 3.54. The molecule has 0 aliphatic carbocycles. The molecule has 3 unspecified atom stereocenters. The van der Waals surface area contributed by atoms with Crippen molar-refractivity contribution in [3.8, 4) is 5.75 Å². The fourth-order valence-electron chi connectivity index (χ4n) is 3.27. The summed E-state index contributed by atoms with van der Waals surface area (Å²) in [6.45, 7) is 2.73. The molecule has 1 aromatic carbocycles. The minimum absolute atomic E-state index is 0.0996. The minimum Gasteiger partial charge on any atom is -0.497 e. The van der Waals surface area contributed by atoms with Gasteiger partial charge in [-0.15, -0.1) is 0 Å². The predicted octanol–water partition coefficient (Wildman–Crippen LogP) is 2.22. The molecule has 0 amide bonds. The Morgan fingerprint density at radius 3 is 3.19 bits per heavy atom. The van der Waals surface area contributed by atoms with Crippen molar-refractivity contribution in [3.05, 3.63) is 28.2 Å². The first-order valence-electron chi connectivity index (χ1n) is 7.53. The van der Waals surface area contributed by atoms with Crippen LogP contribution in [0.2, 0.25) is 0 Å². The number of morpholine rings is 1. The first kappa shape index (κ1) is 15.3. The van der Waals surface area contributed by atoms with Crippen molar-refractivity contribution in [3.63, 3.8) is 0 Å². The smallest absolute Gasteiger partial charge is 0.119 e. The van der Waals surface area contributed by atoms with Gasteiger partial charge in [0, 0.05) is 23.5 Å². The highest BCUT2D eigenvalue weighted by Gasteiger charge is 2.35. The van der Waals surface area contributed by atoms with Crippen LogP contribution in [-0.4, -0.2) is 55.1 Å². The maximum absolute atomic E-state index is 10.5. The molecule has 2 fully saturated rings. The van der Waals surface area contributed by atoms with Crippen molar-refractivity contribution < 1.29 is 14.6 Å². The van der Waals surface area contributed by atoms with E-state index in [0.717, 1.165) is 35.5 Å². The number of methoxy groups -OCH3 is 1. The standard InChI is InChI=1S/C16H22BrNO3/c1-20-13-4-5-14(17)11(7-13)8-15(19)16-9-18-6-2-3-12(18)10-21-16/h4-5,7,12,15-16,19H,2-3,6,8-10H2,1H3. The van der Waals surface area contributed by atoms with Crippen LogP contribution in [0.3, 0.4) is 0 Å². The fourth-order valence-corrected chi connectivity index (χ4v) is 3.68. The molecule has 3 rings (SSSR count). The second-order valence-electron chi connectivity index (χ2n) is 5.89. The topological polar surface area (TPSA) is 41.9 Å². The molecule has 0 aromatic heterocycles. The molecule has 2 heterocycles. The molecular weight excluding hydrogens is 334 g/mol. The van der Waals surface area contributed by atoms with Gasteiger partial charge in [-0.3, -0.25) is 4.90 Å². The summed E-state index contributed by atoms with van der Waals surface area (Å²) in [5.74, 6) is 0.810. The lowest BCUT2D eigenvalue weighted by Gasteiger charge is -2.37. The minimum atomic E-state index is -0.491. The number of fused-ring (bicyclic) bond motifs is 1. The van der Waals surface area contributed by atoms with E-state index in [0.29, 0.717) is 12.5 Å². The average molecular weight is 356 g/mol. The molecule has 1 aromatic rings. The summed E-state index contributed by atoms with van der Waals surface area (Å²) in [7, 11) is 1.65. The zero-order valence-corrected chi connectivity index (χ0v) is 13.9. The Labute approximate surface area is 134 Å².